The summed E-state index contributed by atoms with van der Waals surface area (Å²) in [6, 6.07) is 1.56. The first-order valence-electron chi connectivity index (χ1n) is 7.27. The maximum atomic E-state index is 11.7. The highest BCUT2D eigenvalue weighted by Gasteiger charge is 2.26. The van der Waals surface area contributed by atoms with Crippen molar-refractivity contribution in [2.24, 2.45) is 5.92 Å². The Balaban J connectivity index is 2.20. The number of aliphatic carboxylic acids is 1. The Morgan fingerprint density at radius 3 is 2.81 bits per heavy atom. The molecule has 1 fully saturated rings. The number of aromatic nitrogens is 1. The van der Waals surface area contributed by atoms with Crippen molar-refractivity contribution in [2.75, 3.05) is 13.1 Å². The minimum absolute atomic E-state index is 0.117. The summed E-state index contributed by atoms with van der Waals surface area (Å²) >= 11 is 0. The van der Waals surface area contributed by atoms with Crippen LogP contribution in [0.15, 0.2) is 17.1 Å². The van der Waals surface area contributed by atoms with E-state index in [2.05, 4.69) is 4.90 Å². The molecule has 6 heteroatoms. The third-order valence-corrected chi connectivity index (χ3v) is 3.94. The first-order valence-corrected chi connectivity index (χ1v) is 7.27. The van der Waals surface area contributed by atoms with Crippen LogP contribution in [0.5, 0.6) is 5.75 Å². The van der Waals surface area contributed by atoms with Crippen LogP contribution in [-0.4, -0.2) is 38.7 Å². The molecule has 0 bridgehead atoms. The molecular formula is C15H22N2O4. The molecule has 1 aliphatic heterocycles. The number of pyridine rings is 1. The Morgan fingerprint density at radius 2 is 2.19 bits per heavy atom. The van der Waals surface area contributed by atoms with Gasteiger partial charge < -0.3 is 14.8 Å². The van der Waals surface area contributed by atoms with E-state index in [9.17, 15) is 14.7 Å². The average molecular weight is 294 g/mol. The van der Waals surface area contributed by atoms with E-state index in [1.165, 1.54) is 12.3 Å². The van der Waals surface area contributed by atoms with E-state index >= 15 is 0 Å². The number of piperidine rings is 1. The van der Waals surface area contributed by atoms with Gasteiger partial charge in [-0.05, 0) is 33.2 Å². The SMILES string of the molecule is CC(C)n1cc(O)c(=O)cc1CN1CCCC(C(=O)O)C1. The number of carboxylic acid groups (broad SMARTS) is 1. The first kappa shape index (κ1) is 15.6. The van der Waals surface area contributed by atoms with Gasteiger partial charge in [0.25, 0.3) is 0 Å². The van der Waals surface area contributed by atoms with Crippen molar-refractivity contribution in [2.45, 2.75) is 39.3 Å². The van der Waals surface area contributed by atoms with Crippen LogP contribution < -0.4 is 5.43 Å². The molecule has 1 aliphatic rings. The molecule has 0 radical (unpaired) electrons. The highest BCUT2D eigenvalue weighted by molar-refractivity contribution is 5.70. The molecule has 2 heterocycles. The minimum atomic E-state index is -0.758. The Morgan fingerprint density at radius 1 is 1.48 bits per heavy atom. The fourth-order valence-corrected chi connectivity index (χ4v) is 2.82. The van der Waals surface area contributed by atoms with Crippen molar-refractivity contribution in [1.82, 2.24) is 9.47 Å². The summed E-state index contributed by atoms with van der Waals surface area (Å²) in [6.07, 6.45) is 3.01. The normalized spacial score (nSPS) is 19.9. The number of rotatable bonds is 4. The minimum Gasteiger partial charge on any atom is -0.503 e. The molecule has 21 heavy (non-hydrogen) atoms. The summed E-state index contributed by atoms with van der Waals surface area (Å²) in [4.78, 5) is 24.8. The molecule has 1 unspecified atom stereocenters. The largest absolute Gasteiger partial charge is 0.503 e. The number of likely N-dealkylation sites (tertiary alicyclic amines) is 1. The smallest absolute Gasteiger partial charge is 0.307 e. The number of hydrogen-bond acceptors (Lipinski definition) is 4. The molecule has 1 saturated heterocycles. The van der Waals surface area contributed by atoms with Crippen LogP contribution >= 0.6 is 0 Å². The fraction of sp³-hybridized carbons (Fsp3) is 0.600. The summed E-state index contributed by atoms with van der Waals surface area (Å²) < 4.78 is 1.86. The van der Waals surface area contributed by atoms with Crippen LogP contribution in [0, 0.1) is 5.92 Å². The van der Waals surface area contributed by atoms with E-state index in [1.807, 2.05) is 18.4 Å². The standard InChI is InChI=1S/C15H22N2O4/c1-10(2)17-9-14(19)13(18)6-12(17)8-16-5-3-4-11(7-16)15(20)21/h6,9-11,19H,3-5,7-8H2,1-2H3,(H,20,21). The van der Waals surface area contributed by atoms with Gasteiger partial charge in [0, 0.05) is 30.9 Å². The van der Waals surface area contributed by atoms with Gasteiger partial charge in [0.2, 0.25) is 5.43 Å². The third kappa shape index (κ3) is 3.64. The van der Waals surface area contributed by atoms with Gasteiger partial charge in [0.05, 0.1) is 12.1 Å². The average Bonchev–Trinajstić information content (AvgIpc) is 2.42. The van der Waals surface area contributed by atoms with Crippen LogP contribution in [0.4, 0.5) is 0 Å². The van der Waals surface area contributed by atoms with Gasteiger partial charge in [0.1, 0.15) is 0 Å². The van der Waals surface area contributed by atoms with Crippen molar-refractivity contribution in [3.8, 4) is 5.75 Å². The predicted octanol–water partition coefficient (Wildman–Crippen LogP) is 1.43. The zero-order valence-electron chi connectivity index (χ0n) is 12.5. The molecule has 6 nitrogen and oxygen atoms in total. The zero-order chi connectivity index (χ0) is 15.6. The van der Waals surface area contributed by atoms with Gasteiger partial charge in [0.15, 0.2) is 5.75 Å². The molecule has 1 atom stereocenters. The summed E-state index contributed by atoms with van der Waals surface area (Å²) in [5.41, 5.74) is 0.410. The van der Waals surface area contributed by atoms with Crippen molar-refractivity contribution in [1.29, 1.82) is 0 Å². The van der Waals surface area contributed by atoms with Crippen molar-refractivity contribution in [3.05, 3.63) is 28.2 Å². The van der Waals surface area contributed by atoms with Crippen LogP contribution in [0.2, 0.25) is 0 Å². The van der Waals surface area contributed by atoms with Gasteiger partial charge in [-0.1, -0.05) is 0 Å². The molecule has 1 aromatic heterocycles. The topological polar surface area (TPSA) is 82.8 Å². The van der Waals surface area contributed by atoms with Gasteiger partial charge in [-0.15, -0.1) is 0 Å². The van der Waals surface area contributed by atoms with Crippen molar-refractivity contribution >= 4 is 5.97 Å². The first-order chi connectivity index (χ1) is 9.88. The Labute approximate surface area is 123 Å². The maximum Gasteiger partial charge on any atom is 0.307 e. The van der Waals surface area contributed by atoms with E-state index < -0.39 is 11.4 Å². The van der Waals surface area contributed by atoms with Crippen LogP contribution in [0.3, 0.4) is 0 Å². The lowest BCUT2D eigenvalue weighted by Crippen LogP contribution is -2.39. The summed E-state index contributed by atoms with van der Waals surface area (Å²) in [7, 11) is 0. The highest BCUT2D eigenvalue weighted by atomic mass is 16.4. The van der Waals surface area contributed by atoms with Gasteiger partial charge in [-0.2, -0.15) is 0 Å². The lowest BCUT2D eigenvalue weighted by atomic mass is 9.98. The maximum absolute atomic E-state index is 11.7. The second kappa shape index (κ2) is 6.30. The van der Waals surface area contributed by atoms with E-state index in [0.717, 1.165) is 18.7 Å². The third-order valence-electron chi connectivity index (χ3n) is 3.94. The molecule has 1 aromatic rings. The van der Waals surface area contributed by atoms with Gasteiger partial charge in [-0.3, -0.25) is 14.5 Å². The number of carbonyl (C=O) groups is 1. The molecule has 0 amide bonds. The molecule has 2 N–H and O–H groups in total. The zero-order valence-corrected chi connectivity index (χ0v) is 12.5. The van der Waals surface area contributed by atoms with Gasteiger partial charge >= 0.3 is 5.97 Å². The number of aromatic hydroxyl groups is 1. The fourth-order valence-electron chi connectivity index (χ4n) is 2.82. The van der Waals surface area contributed by atoms with E-state index in [1.54, 1.807) is 0 Å². The Kier molecular flexibility index (Phi) is 4.67. The van der Waals surface area contributed by atoms with E-state index in [-0.39, 0.29) is 17.7 Å². The summed E-state index contributed by atoms with van der Waals surface area (Å²) in [5.74, 6) is -1.35. The molecule has 2 rings (SSSR count). The lowest BCUT2D eigenvalue weighted by Gasteiger charge is -2.31. The monoisotopic (exact) mass is 294 g/mol. The number of carboxylic acids is 1. The van der Waals surface area contributed by atoms with Crippen LogP contribution in [0.1, 0.15) is 38.4 Å². The molecule has 0 spiro atoms. The molecule has 116 valence electrons. The van der Waals surface area contributed by atoms with Crippen molar-refractivity contribution in [3.63, 3.8) is 0 Å². The molecule has 0 aromatic carbocycles. The van der Waals surface area contributed by atoms with Crippen LogP contribution in [-0.2, 0) is 11.3 Å². The van der Waals surface area contributed by atoms with E-state index in [0.29, 0.717) is 19.5 Å². The van der Waals surface area contributed by atoms with Gasteiger partial charge in [-0.25, -0.2) is 0 Å². The molecule has 0 saturated carbocycles. The summed E-state index contributed by atoms with van der Waals surface area (Å²) in [6.45, 7) is 5.81. The van der Waals surface area contributed by atoms with Crippen molar-refractivity contribution < 1.29 is 15.0 Å². The molecular weight excluding hydrogens is 272 g/mol. The number of hydrogen-bond donors (Lipinski definition) is 2. The highest BCUT2D eigenvalue weighted by Crippen LogP contribution is 2.20. The lowest BCUT2D eigenvalue weighted by molar-refractivity contribution is -0.143. The summed E-state index contributed by atoms with van der Waals surface area (Å²) in [5, 5.41) is 18.7. The van der Waals surface area contributed by atoms with E-state index in [4.69, 9.17) is 5.11 Å². The predicted molar refractivity (Wildman–Crippen MR) is 78.4 cm³/mol. The quantitative estimate of drug-likeness (QED) is 0.878. The van der Waals surface area contributed by atoms with Crippen LogP contribution in [0.25, 0.3) is 0 Å². The second-order valence-electron chi connectivity index (χ2n) is 5.93. The second-order valence-corrected chi connectivity index (χ2v) is 5.93. The molecule has 0 aliphatic carbocycles. The number of nitrogens with zero attached hydrogens (tertiary/aromatic N) is 2. The Hall–Kier alpha value is -1.82. The Bertz CT molecular complexity index is 580.